The first-order valence-corrected chi connectivity index (χ1v) is 8.08. The molecule has 0 spiro atoms. The lowest BCUT2D eigenvalue weighted by atomic mass is 9.99. The second-order valence-corrected chi connectivity index (χ2v) is 6.15. The third-order valence-corrected chi connectivity index (χ3v) is 4.32. The smallest absolute Gasteiger partial charge is 0.272 e. The molecule has 1 aromatic rings. The average Bonchev–Trinajstić information content (AvgIpc) is 2.52. The number of unbranched alkanes of at least 4 members (excludes halogenated alkanes) is 1. The van der Waals surface area contributed by atoms with E-state index in [4.69, 9.17) is 0 Å². The summed E-state index contributed by atoms with van der Waals surface area (Å²) in [6.07, 6.45) is 6.28. The number of amides is 1. The Kier molecular flexibility index (Phi) is 5.59. The van der Waals surface area contributed by atoms with E-state index in [1.165, 1.54) is 6.42 Å². The van der Waals surface area contributed by atoms with Gasteiger partial charge in [-0.1, -0.05) is 20.3 Å². The zero-order valence-corrected chi connectivity index (χ0v) is 13.5. The fourth-order valence-corrected chi connectivity index (χ4v) is 2.67. The van der Waals surface area contributed by atoms with Gasteiger partial charge >= 0.3 is 0 Å². The molecule has 2 heterocycles. The molecule has 0 aliphatic carbocycles. The molecular formula is C17H27N3O. The van der Waals surface area contributed by atoms with Gasteiger partial charge in [-0.2, -0.15) is 0 Å². The highest BCUT2D eigenvalue weighted by Crippen LogP contribution is 2.19. The Balaban J connectivity index is 2.04. The number of anilines is 1. The van der Waals surface area contributed by atoms with Crippen molar-refractivity contribution in [3.05, 3.63) is 24.0 Å². The Morgan fingerprint density at radius 1 is 1.43 bits per heavy atom. The highest BCUT2D eigenvalue weighted by molar-refractivity contribution is 5.93. The van der Waals surface area contributed by atoms with Crippen molar-refractivity contribution in [1.82, 2.24) is 9.88 Å². The maximum absolute atomic E-state index is 12.5. The maximum atomic E-state index is 12.5. The predicted molar refractivity (Wildman–Crippen MR) is 86.7 cm³/mol. The lowest BCUT2D eigenvalue weighted by Gasteiger charge is -2.30. The Labute approximate surface area is 128 Å². The van der Waals surface area contributed by atoms with Crippen molar-refractivity contribution >= 4 is 11.6 Å². The van der Waals surface area contributed by atoms with Gasteiger partial charge in [-0.05, 0) is 37.3 Å². The van der Waals surface area contributed by atoms with E-state index < -0.39 is 0 Å². The largest absolute Gasteiger partial charge is 0.374 e. The molecule has 0 radical (unpaired) electrons. The quantitative estimate of drug-likeness (QED) is 0.835. The van der Waals surface area contributed by atoms with Crippen LogP contribution >= 0.6 is 0 Å². The average molecular weight is 289 g/mol. The molecule has 0 saturated carbocycles. The first kappa shape index (κ1) is 15.8. The summed E-state index contributed by atoms with van der Waals surface area (Å²) in [4.78, 5) is 21.0. The SMILES string of the molecule is CCCCN(C)c1ccnc(C(=O)N2CCC(C)CC2)c1. The Morgan fingerprint density at radius 2 is 2.14 bits per heavy atom. The van der Waals surface area contributed by atoms with E-state index in [2.05, 4.69) is 30.8 Å². The van der Waals surface area contributed by atoms with Crippen LogP contribution < -0.4 is 4.90 Å². The highest BCUT2D eigenvalue weighted by atomic mass is 16.2. The number of rotatable bonds is 5. The van der Waals surface area contributed by atoms with Gasteiger partial charge in [-0.15, -0.1) is 0 Å². The van der Waals surface area contributed by atoms with Crippen molar-refractivity contribution < 1.29 is 4.79 Å². The van der Waals surface area contributed by atoms with Crippen LogP contribution in [-0.2, 0) is 0 Å². The van der Waals surface area contributed by atoms with Gasteiger partial charge in [0, 0.05) is 38.6 Å². The van der Waals surface area contributed by atoms with Crippen LogP contribution in [0.25, 0.3) is 0 Å². The fourth-order valence-electron chi connectivity index (χ4n) is 2.67. The van der Waals surface area contributed by atoms with Gasteiger partial charge in [0.2, 0.25) is 0 Å². The normalized spacial score (nSPS) is 16.0. The van der Waals surface area contributed by atoms with Crippen molar-refractivity contribution in [3.63, 3.8) is 0 Å². The van der Waals surface area contributed by atoms with E-state index in [0.29, 0.717) is 5.69 Å². The number of likely N-dealkylation sites (tertiary alicyclic amines) is 1. The number of piperidine rings is 1. The predicted octanol–water partition coefficient (Wildman–Crippen LogP) is 3.19. The lowest BCUT2D eigenvalue weighted by molar-refractivity contribution is 0.0691. The summed E-state index contributed by atoms with van der Waals surface area (Å²) in [5, 5.41) is 0. The first-order valence-electron chi connectivity index (χ1n) is 8.08. The van der Waals surface area contributed by atoms with E-state index in [0.717, 1.165) is 50.5 Å². The summed E-state index contributed by atoms with van der Waals surface area (Å²) >= 11 is 0. The van der Waals surface area contributed by atoms with Gasteiger partial charge in [0.25, 0.3) is 5.91 Å². The molecule has 1 fully saturated rings. The van der Waals surface area contributed by atoms with Gasteiger partial charge in [0.1, 0.15) is 5.69 Å². The summed E-state index contributed by atoms with van der Waals surface area (Å²) in [6.45, 7) is 7.17. The second-order valence-electron chi connectivity index (χ2n) is 6.15. The summed E-state index contributed by atoms with van der Waals surface area (Å²) < 4.78 is 0. The number of aromatic nitrogens is 1. The van der Waals surface area contributed by atoms with Crippen molar-refractivity contribution in [1.29, 1.82) is 0 Å². The van der Waals surface area contributed by atoms with Gasteiger partial charge in [-0.25, -0.2) is 0 Å². The molecular weight excluding hydrogens is 262 g/mol. The maximum Gasteiger partial charge on any atom is 0.272 e. The number of hydrogen-bond acceptors (Lipinski definition) is 3. The minimum absolute atomic E-state index is 0.0765. The molecule has 0 aromatic carbocycles. The molecule has 116 valence electrons. The molecule has 1 aliphatic heterocycles. The number of nitrogens with zero attached hydrogens (tertiary/aromatic N) is 3. The van der Waals surface area contributed by atoms with Crippen LogP contribution in [0.15, 0.2) is 18.3 Å². The Morgan fingerprint density at radius 3 is 2.81 bits per heavy atom. The minimum atomic E-state index is 0.0765. The molecule has 4 heteroatoms. The van der Waals surface area contributed by atoms with Gasteiger partial charge < -0.3 is 9.80 Å². The fraction of sp³-hybridized carbons (Fsp3) is 0.647. The monoisotopic (exact) mass is 289 g/mol. The topological polar surface area (TPSA) is 36.4 Å². The van der Waals surface area contributed by atoms with Crippen molar-refractivity contribution in [3.8, 4) is 0 Å². The van der Waals surface area contributed by atoms with Crippen LogP contribution in [0.4, 0.5) is 5.69 Å². The zero-order valence-electron chi connectivity index (χ0n) is 13.5. The third kappa shape index (κ3) is 4.19. The molecule has 0 bridgehead atoms. The molecule has 0 unspecified atom stereocenters. The molecule has 1 aromatic heterocycles. The molecule has 1 amide bonds. The molecule has 0 N–H and O–H groups in total. The summed E-state index contributed by atoms with van der Waals surface area (Å²) in [5.41, 5.74) is 1.65. The molecule has 4 nitrogen and oxygen atoms in total. The lowest BCUT2D eigenvalue weighted by Crippen LogP contribution is -2.38. The number of pyridine rings is 1. The number of carbonyl (C=O) groups excluding carboxylic acids is 1. The van der Waals surface area contributed by atoms with E-state index in [-0.39, 0.29) is 5.91 Å². The Hall–Kier alpha value is -1.58. The van der Waals surface area contributed by atoms with Crippen LogP contribution in [0, 0.1) is 5.92 Å². The molecule has 0 atom stereocenters. The standard InChI is InChI=1S/C17H27N3O/c1-4-5-10-19(3)15-6-9-18-16(13-15)17(21)20-11-7-14(2)8-12-20/h6,9,13-14H,4-5,7-8,10-12H2,1-3H3. The first-order chi connectivity index (χ1) is 10.1. The van der Waals surface area contributed by atoms with E-state index in [1.54, 1.807) is 6.20 Å². The van der Waals surface area contributed by atoms with Crippen molar-refractivity contribution in [2.75, 3.05) is 31.6 Å². The van der Waals surface area contributed by atoms with E-state index in [9.17, 15) is 4.79 Å². The van der Waals surface area contributed by atoms with Gasteiger partial charge in [0.05, 0.1) is 0 Å². The van der Waals surface area contributed by atoms with Crippen molar-refractivity contribution in [2.24, 2.45) is 5.92 Å². The van der Waals surface area contributed by atoms with E-state index in [1.807, 2.05) is 17.0 Å². The van der Waals surface area contributed by atoms with Crippen molar-refractivity contribution in [2.45, 2.75) is 39.5 Å². The van der Waals surface area contributed by atoms with Crippen LogP contribution in [-0.4, -0.2) is 42.5 Å². The Bertz CT molecular complexity index is 467. The number of carbonyl (C=O) groups is 1. The molecule has 2 rings (SSSR count). The van der Waals surface area contributed by atoms with Gasteiger partial charge in [0.15, 0.2) is 0 Å². The van der Waals surface area contributed by atoms with Crippen LogP contribution in [0.3, 0.4) is 0 Å². The van der Waals surface area contributed by atoms with Crippen LogP contribution in [0.1, 0.15) is 50.0 Å². The van der Waals surface area contributed by atoms with E-state index >= 15 is 0 Å². The zero-order chi connectivity index (χ0) is 15.2. The number of hydrogen-bond donors (Lipinski definition) is 0. The van der Waals surface area contributed by atoms with Crippen LogP contribution in [0.5, 0.6) is 0 Å². The van der Waals surface area contributed by atoms with Gasteiger partial charge in [-0.3, -0.25) is 9.78 Å². The highest BCUT2D eigenvalue weighted by Gasteiger charge is 2.22. The third-order valence-electron chi connectivity index (χ3n) is 4.32. The second kappa shape index (κ2) is 7.43. The molecule has 1 aliphatic rings. The minimum Gasteiger partial charge on any atom is -0.374 e. The summed E-state index contributed by atoms with van der Waals surface area (Å²) in [6, 6.07) is 3.90. The summed E-state index contributed by atoms with van der Waals surface area (Å²) in [5.74, 6) is 0.807. The summed E-state index contributed by atoms with van der Waals surface area (Å²) in [7, 11) is 2.07. The molecule has 1 saturated heterocycles. The van der Waals surface area contributed by atoms with Crippen LogP contribution in [0.2, 0.25) is 0 Å². The molecule has 21 heavy (non-hydrogen) atoms.